The first-order chi connectivity index (χ1) is 11.6. The van der Waals surface area contributed by atoms with E-state index in [1.165, 1.54) is 40.9 Å². The van der Waals surface area contributed by atoms with Crippen LogP contribution in [0.2, 0.25) is 0 Å². The van der Waals surface area contributed by atoms with Crippen molar-refractivity contribution in [1.29, 1.82) is 0 Å². The van der Waals surface area contributed by atoms with Crippen molar-refractivity contribution < 1.29 is 9.90 Å². The molecule has 0 saturated heterocycles. The molecule has 0 aliphatic heterocycles. The van der Waals surface area contributed by atoms with Crippen LogP contribution in [-0.4, -0.2) is 11.1 Å². The maximum atomic E-state index is 11.1. The van der Waals surface area contributed by atoms with E-state index in [-0.39, 0.29) is 10.8 Å². The van der Waals surface area contributed by atoms with Gasteiger partial charge in [-0.1, -0.05) is 52.0 Å². The maximum Gasteiger partial charge on any atom is 0.345 e. The van der Waals surface area contributed by atoms with E-state index in [0.717, 1.165) is 10.5 Å². The number of thiophene rings is 1. The fraction of sp³-hybridized carbons (Fsp3) is 0.409. The Hall–Kier alpha value is -1.87. The van der Waals surface area contributed by atoms with Crippen LogP contribution < -0.4 is 0 Å². The molecule has 1 N–H and O–H groups in total. The van der Waals surface area contributed by atoms with Crippen molar-refractivity contribution in [3.8, 4) is 0 Å². The van der Waals surface area contributed by atoms with E-state index in [0.29, 0.717) is 4.88 Å². The standard InChI is InChI=1S/C22H26O2S/c1-14(18-8-9-19(25-18)20(23)24)12-15-6-7-16-17(13-15)22(4,5)11-10-21(16,2)3/h6-9,12-13H,10-11H2,1-5H3,(H,23,24)/b14-12+. The third kappa shape index (κ3) is 3.43. The zero-order chi connectivity index (χ0) is 18.4. The molecule has 1 aromatic carbocycles. The van der Waals surface area contributed by atoms with Gasteiger partial charge in [0.05, 0.1) is 0 Å². The van der Waals surface area contributed by atoms with Gasteiger partial charge in [-0.05, 0) is 65.0 Å². The second-order valence-electron chi connectivity index (χ2n) is 8.37. The predicted octanol–water partition coefficient (Wildman–Crippen LogP) is 6.36. The summed E-state index contributed by atoms with van der Waals surface area (Å²) in [6, 6.07) is 10.4. The monoisotopic (exact) mass is 354 g/mol. The minimum absolute atomic E-state index is 0.196. The lowest BCUT2D eigenvalue weighted by Crippen LogP contribution is -2.33. The van der Waals surface area contributed by atoms with Gasteiger partial charge in [-0.25, -0.2) is 4.79 Å². The highest BCUT2D eigenvalue weighted by Crippen LogP contribution is 2.46. The van der Waals surface area contributed by atoms with Crippen LogP contribution in [0.4, 0.5) is 0 Å². The fourth-order valence-corrected chi connectivity index (χ4v) is 4.50. The van der Waals surface area contributed by atoms with Crippen LogP contribution in [0.5, 0.6) is 0 Å². The van der Waals surface area contributed by atoms with Crippen LogP contribution in [0, 0.1) is 0 Å². The molecule has 0 fully saturated rings. The Bertz CT molecular complexity index is 853. The smallest absolute Gasteiger partial charge is 0.345 e. The molecule has 3 heteroatoms. The van der Waals surface area contributed by atoms with Gasteiger partial charge in [0.15, 0.2) is 0 Å². The Kier molecular flexibility index (Phi) is 4.40. The van der Waals surface area contributed by atoms with Crippen molar-refractivity contribution in [3.63, 3.8) is 0 Å². The molecular weight excluding hydrogens is 328 g/mol. The molecule has 1 aromatic heterocycles. The quantitative estimate of drug-likeness (QED) is 0.696. The zero-order valence-electron chi connectivity index (χ0n) is 15.6. The summed E-state index contributed by atoms with van der Waals surface area (Å²) in [6.45, 7) is 11.4. The molecule has 0 bridgehead atoms. The van der Waals surface area contributed by atoms with Gasteiger partial charge in [0.1, 0.15) is 4.88 Å². The highest BCUT2D eigenvalue weighted by Gasteiger charge is 2.36. The number of rotatable bonds is 3. The molecule has 0 amide bonds. The van der Waals surface area contributed by atoms with Crippen LogP contribution in [0.1, 0.15) is 78.7 Å². The summed E-state index contributed by atoms with van der Waals surface area (Å²) < 4.78 is 0. The molecule has 2 aromatic rings. The van der Waals surface area contributed by atoms with E-state index >= 15 is 0 Å². The van der Waals surface area contributed by atoms with E-state index in [1.807, 2.05) is 13.0 Å². The zero-order valence-corrected chi connectivity index (χ0v) is 16.5. The van der Waals surface area contributed by atoms with Gasteiger partial charge in [-0.2, -0.15) is 0 Å². The summed E-state index contributed by atoms with van der Waals surface area (Å²) in [7, 11) is 0. The first kappa shape index (κ1) is 17.9. The van der Waals surface area contributed by atoms with Gasteiger partial charge >= 0.3 is 5.97 Å². The molecule has 25 heavy (non-hydrogen) atoms. The largest absolute Gasteiger partial charge is 0.477 e. The molecule has 0 atom stereocenters. The van der Waals surface area contributed by atoms with Gasteiger partial charge in [0.2, 0.25) is 0 Å². The van der Waals surface area contributed by atoms with E-state index < -0.39 is 5.97 Å². The molecular formula is C22H26O2S. The Morgan fingerprint density at radius 1 is 1.00 bits per heavy atom. The average molecular weight is 355 g/mol. The number of hydrogen-bond acceptors (Lipinski definition) is 2. The van der Waals surface area contributed by atoms with E-state index in [4.69, 9.17) is 5.11 Å². The maximum absolute atomic E-state index is 11.1. The molecule has 0 radical (unpaired) electrons. The molecule has 0 unspecified atom stereocenters. The highest BCUT2D eigenvalue weighted by atomic mass is 32.1. The normalized spacial score (nSPS) is 18.7. The van der Waals surface area contributed by atoms with Crippen LogP contribution in [-0.2, 0) is 10.8 Å². The lowest BCUT2D eigenvalue weighted by molar-refractivity contribution is 0.0702. The first-order valence-electron chi connectivity index (χ1n) is 8.77. The molecule has 1 aliphatic carbocycles. The lowest BCUT2D eigenvalue weighted by Gasteiger charge is -2.42. The van der Waals surface area contributed by atoms with Crippen molar-refractivity contribution in [1.82, 2.24) is 0 Å². The van der Waals surface area contributed by atoms with E-state index in [9.17, 15) is 4.79 Å². The van der Waals surface area contributed by atoms with Gasteiger partial charge < -0.3 is 5.11 Å². The van der Waals surface area contributed by atoms with Crippen LogP contribution in [0.15, 0.2) is 30.3 Å². The molecule has 1 heterocycles. The number of carbonyl (C=O) groups is 1. The summed E-state index contributed by atoms with van der Waals surface area (Å²) in [5.74, 6) is -0.859. The summed E-state index contributed by atoms with van der Waals surface area (Å²) in [6.07, 6.45) is 4.58. The highest BCUT2D eigenvalue weighted by molar-refractivity contribution is 7.15. The topological polar surface area (TPSA) is 37.3 Å². The minimum atomic E-state index is -0.859. The Balaban J connectivity index is 2.00. The summed E-state index contributed by atoms with van der Waals surface area (Å²) >= 11 is 1.33. The molecule has 1 aliphatic rings. The Morgan fingerprint density at radius 2 is 1.60 bits per heavy atom. The van der Waals surface area contributed by atoms with Crippen LogP contribution >= 0.6 is 11.3 Å². The van der Waals surface area contributed by atoms with Gasteiger partial charge in [0.25, 0.3) is 0 Å². The van der Waals surface area contributed by atoms with Crippen LogP contribution in [0.25, 0.3) is 11.6 Å². The molecule has 132 valence electrons. The predicted molar refractivity (Wildman–Crippen MR) is 107 cm³/mol. The van der Waals surface area contributed by atoms with Crippen molar-refractivity contribution in [2.45, 2.75) is 58.3 Å². The summed E-state index contributed by atoms with van der Waals surface area (Å²) in [5, 5.41) is 9.10. The number of benzene rings is 1. The Labute approximate surface area is 154 Å². The first-order valence-corrected chi connectivity index (χ1v) is 9.59. The van der Waals surface area contributed by atoms with Crippen LogP contribution in [0.3, 0.4) is 0 Å². The molecule has 2 nitrogen and oxygen atoms in total. The molecule has 0 spiro atoms. The summed E-state index contributed by atoms with van der Waals surface area (Å²) in [4.78, 5) is 12.5. The third-order valence-corrected chi connectivity index (χ3v) is 6.67. The van der Waals surface area contributed by atoms with Crippen molar-refractivity contribution in [2.24, 2.45) is 0 Å². The lowest BCUT2D eigenvalue weighted by atomic mass is 9.63. The SMILES string of the molecule is C/C(=C\c1ccc2c(c1)C(C)(C)CCC2(C)C)c1ccc(C(=O)O)s1. The number of carboxylic acids is 1. The van der Waals surface area contributed by atoms with Crippen molar-refractivity contribution in [2.75, 3.05) is 0 Å². The number of allylic oxidation sites excluding steroid dienone is 1. The average Bonchev–Trinajstić information content (AvgIpc) is 3.02. The number of fused-ring (bicyclic) bond motifs is 1. The number of aromatic carboxylic acids is 1. The van der Waals surface area contributed by atoms with Gasteiger partial charge in [0, 0.05) is 4.88 Å². The molecule has 0 saturated carbocycles. The summed E-state index contributed by atoms with van der Waals surface area (Å²) in [5.41, 5.74) is 5.62. The third-order valence-electron chi connectivity index (χ3n) is 5.47. The number of carboxylic acid groups (broad SMARTS) is 1. The molecule has 3 rings (SSSR count). The second-order valence-corrected chi connectivity index (χ2v) is 9.45. The van der Waals surface area contributed by atoms with Gasteiger partial charge in [-0.15, -0.1) is 11.3 Å². The van der Waals surface area contributed by atoms with Crippen molar-refractivity contribution in [3.05, 3.63) is 56.8 Å². The fourth-order valence-electron chi connectivity index (χ4n) is 3.68. The minimum Gasteiger partial charge on any atom is -0.477 e. The van der Waals surface area contributed by atoms with E-state index in [2.05, 4.69) is 52.0 Å². The van der Waals surface area contributed by atoms with E-state index in [1.54, 1.807) is 6.07 Å². The van der Waals surface area contributed by atoms with Gasteiger partial charge in [-0.3, -0.25) is 0 Å². The number of hydrogen-bond donors (Lipinski definition) is 1. The van der Waals surface area contributed by atoms with Crippen molar-refractivity contribution >= 4 is 29.0 Å². The Morgan fingerprint density at radius 3 is 2.20 bits per heavy atom. The second kappa shape index (κ2) is 6.14.